The van der Waals surface area contributed by atoms with Crippen molar-refractivity contribution in [1.82, 2.24) is 0 Å². The molecule has 323 valence electrons. The van der Waals surface area contributed by atoms with Gasteiger partial charge in [0.1, 0.15) is 0 Å². The average Bonchev–Trinajstić information content (AvgIpc) is 3.75. The zero-order valence-corrected chi connectivity index (χ0v) is 49.9. The van der Waals surface area contributed by atoms with Crippen LogP contribution in [-0.4, -0.2) is 38.2 Å². The SMILES string of the molecule is CCC1=Cc2c(ccc(CC)c2-c2cc([Si](C)(C)C)cc([Si](C)(C)C)c2)[CH]1[Zr]([Cl])([Cl])([CH]1C(CC)=Cc2c1ccc(CC)c2-c1cc([Si](C)(C)C)cc([Si](C)(C)C)c1)[SiH](C)C. The van der Waals surface area contributed by atoms with Crippen molar-refractivity contribution in [2.45, 2.75) is 152 Å². The third-order valence-electron chi connectivity index (χ3n) is 14.4. The van der Waals surface area contributed by atoms with Crippen LogP contribution in [0.3, 0.4) is 0 Å². The van der Waals surface area contributed by atoms with Crippen LogP contribution in [-0.2, 0) is 28.4 Å². The first-order chi connectivity index (χ1) is 27.6. The molecule has 0 spiro atoms. The molecule has 0 saturated heterocycles. The van der Waals surface area contributed by atoms with Crippen LogP contribution in [0, 0.1) is 0 Å². The maximum atomic E-state index is 9.01. The Labute approximate surface area is 379 Å². The first-order valence-corrected chi connectivity index (χ1v) is 53.5. The van der Waals surface area contributed by atoms with E-state index in [1.807, 2.05) is 0 Å². The van der Waals surface area contributed by atoms with Gasteiger partial charge in [0.15, 0.2) is 0 Å². The molecule has 0 saturated carbocycles. The van der Waals surface area contributed by atoms with Gasteiger partial charge in [0.2, 0.25) is 0 Å². The standard InChI is InChI=1S/2C25H35Si2.C2H7Si.2ClH.Zr/c2*1-9-18-13-20-12-11-19(10-2)25(24(20)14-18)21-15-22(26(3,4)5)17-23(16-21)27(6,7)8;1-3-2;;;/h2*11-17H,9-10H2,1-8H3;3H,1-2H3;2*1H;/q;;;;;+2/p-2. The number of hydrogen-bond acceptors (Lipinski definition) is 0. The van der Waals surface area contributed by atoms with E-state index in [0.717, 1.165) is 25.7 Å². The van der Waals surface area contributed by atoms with Crippen LogP contribution in [0.1, 0.15) is 81.2 Å². The maximum absolute atomic E-state index is 9.01. The Hall–Kier alpha value is -1.09. The van der Waals surface area contributed by atoms with Gasteiger partial charge in [-0.25, -0.2) is 0 Å². The van der Waals surface area contributed by atoms with E-state index in [4.69, 9.17) is 17.0 Å². The number of hydrogen-bond donors (Lipinski definition) is 0. The van der Waals surface area contributed by atoms with E-state index < -0.39 is 53.8 Å². The van der Waals surface area contributed by atoms with Crippen molar-refractivity contribution in [3.63, 3.8) is 0 Å². The summed E-state index contributed by atoms with van der Waals surface area (Å²) in [4.78, 5) is 0. The number of halogens is 2. The van der Waals surface area contributed by atoms with E-state index in [0.29, 0.717) is 0 Å². The Morgan fingerprint density at radius 1 is 0.467 bits per heavy atom. The van der Waals surface area contributed by atoms with Gasteiger partial charge in [0.05, 0.1) is 0 Å². The Morgan fingerprint density at radius 2 is 0.767 bits per heavy atom. The van der Waals surface area contributed by atoms with Gasteiger partial charge < -0.3 is 0 Å². The molecular weight excluding hydrogens is 927 g/mol. The molecule has 2 aliphatic carbocycles. The minimum atomic E-state index is -4.98. The van der Waals surface area contributed by atoms with Crippen molar-refractivity contribution in [2.75, 3.05) is 0 Å². The molecule has 0 aromatic heterocycles. The number of benzene rings is 4. The van der Waals surface area contributed by atoms with Gasteiger partial charge in [0, 0.05) is 0 Å². The second kappa shape index (κ2) is 16.7. The Balaban J connectivity index is 1.66. The average molecular weight is 1000 g/mol. The molecule has 0 bridgehead atoms. The molecule has 0 N–H and O–H groups in total. The van der Waals surface area contributed by atoms with Crippen LogP contribution >= 0.6 is 17.0 Å². The van der Waals surface area contributed by atoms with E-state index in [2.05, 4.69) is 192 Å². The number of allylic oxidation sites excluding steroid dienone is 2. The molecule has 0 radical (unpaired) electrons. The zero-order chi connectivity index (χ0) is 44.7. The summed E-state index contributed by atoms with van der Waals surface area (Å²) in [5.74, 6) is -1.70. The van der Waals surface area contributed by atoms with Gasteiger partial charge in [-0.3, -0.25) is 0 Å². The summed E-state index contributed by atoms with van der Waals surface area (Å²) in [6, 6.07) is 25.3. The van der Waals surface area contributed by atoms with Crippen LogP contribution < -0.4 is 20.7 Å². The molecule has 0 aliphatic heterocycles. The van der Waals surface area contributed by atoms with Crippen molar-refractivity contribution >= 4 is 88.1 Å². The number of rotatable bonds is 13. The molecule has 0 heterocycles. The quantitative estimate of drug-likeness (QED) is 0.117. The molecule has 60 heavy (non-hydrogen) atoms. The van der Waals surface area contributed by atoms with E-state index in [9.17, 15) is 0 Å². The van der Waals surface area contributed by atoms with E-state index in [1.165, 1.54) is 66.8 Å². The van der Waals surface area contributed by atoms with E-state index in [1.54, 1.807) is 20.7 Å². The van der Waals surface area contributed by atoms with Crippen LogP contribution in [0.15, 0.2) is 71.8 Å². The first kappa shape index (κ1) is 48.4. The van der Waals surface area contributed by atoms with Crippen LogP contribution in [0.5, 0.6) is 0 Å². The van der Waals surface area contributed by atoms with E-state index >= 15 is 0 Å². The second-order valence-corrected chi connectivity index (χ2v) is 85.7. The topological polar surface area (TPSA) is 0 Å². The summed E-state index contributed by atoms with van der Waals surface area (Å²) >= 11 is -4.98. The van der Waals surface area contributed by atoms with Gasteiger partial charge in [-0.2, -0.15) is 0 Å². The predicted molar refractivity (Wildman–Crippen MR) is 287 cm³/mol. The van der Waals surface area contributed by atoms with Crippen molar-refractivity contribution in [3.05, 3.63) is 105 Å². The summed E-state index contributed by atoms with van der Waals surface area (Å²) < 4.78 is 0.188. The fourth-order valence-corrected chi connectivity index (χ4v) is 47.2. The second-order valence-electron chi connectivity index (χ2n) is 22.9. The Bertz CT molecular complexity index is 2170. The summed E-state index contributed by atoms with van der Waals surface area (Å²) in [6.45, 7) is 44.5. The van der Waals surface area contributed by atoms with Gasteiger partial charge in [0.25, 0.3) is 0 Å². The number of aryl methyl sites for hydroxylation is 2. The molecule has 0 fully saturated rings. The normalized spacial score (nSPS) is 18.0. The molecule has 2 atom stereocenters. The monoisotopic (exact) mass is 1000 g/mol. The van der Waals surface area contributed by atoms with Gasteiger partial charge >= 0.3 is 383 Å². The fraction of sp³-hybridized carbons (Fsp3) is 0.462. The Morgan fingerprint density at radius 3 is 1.00 bits per heavy atom. The van der Waals surface area contributed by atoms with Crippen LogP contribution in [0.4, 0.5) is 0 Å². The number of fused-ring (bicyclic) bond motifs is 2. The molecule has 2 aliphatic rings. The van der Waals surface area contributed by atoms with Crippen molar-refractivity contribution in [3.8, 4) is 22.3 Å². The van der Waals surface area contributed by atoms with Crippen molar-refractivity contribution in [2.24, 2.45) is 0 Å². The third-order valence-corrected chi connectivity index (χ3v) is 74.4. The van der Waals surface area contributed by atoms with Gasteiger partial charge in [-0.15, -0.1) is 0 Å². The molecule has 0 amide bonds. The van der Waals surface area contributed by atoms with E-state index in [-0.39, 0.29) is 7.25 Å². The van der Waals surface area contributed by atoms with Crippen LogP contribution in [0.25, 0.3) is 34.4 Å². The first-order valence-electron chi connectivity index (χ1n) is 23.2. The van der Waals surface area contributed by atoms with Gasteiger partial charge in [-0.1, -0.05) is 0 Å². The molecule has 0 nitrogen and oxygen atoms in total. The fourth-order valence-electron chi connectivity index (χ4n) is 10.4. The van der Waals surface area contributed by atoms with Crippen molar-refractivity contribution < 1.29 is 15.6 Å². The molecule has 4 aromatic rings. The summed E-state index contributed by atoms with van der Waals surface area (Å²) in [5.41, 5.74) is 17.2. The zero-order valence-electron chi connectivity index (χ0n) is 40.7. The molecule has 6 rings (SSSR count). The molecule has 2 unspecified atom stereocenters. The van der Waals surface area contributed by atoms with Crippen molar-refractivity contribution in [1.29, 1.82) is 0 Å². The summed E-state index contributed by atoms with van der Waals surface area (Å²) in [6.07, 6.45) is 9.11. The molecule has 4 aromatic carbocycles. The minimum absolute atomic E-state index is 0.0941. The Kier molecular flexibility index (Phi) is 13.5. The molecular formula is C52H77Cl2Si5Zr. The van der Waals surface area contributed by atoms with Gasteiger partial charge in [-0.05, 0) is 0 Å². The summed E-state index contributed by atoms with van der Waals surface area (Å²) in [5, 5.41) is 6.26. The third kappa shape index (κ3) is 8.47. The molecule has 8 heteroatoms. The van der Waals surface area contributed by atoms with Crippen LogP contribution in [0.2, 0.25) is 91.7 Å². The summed E-state index contributed by atoms with van der Waals surface area (Å²) in [7, 11) is 11.6. The predicted octanol–water partition coefficient (Wildman–Crippen LogP) is 14.7.